The number of rotatable bonds is 7. The van der Waals surface area contributed by atoms with Gasteiger partial charge in [-0.2, -0.15) is 0 Å². The first-order valence-corrected chi connectivity index (χ1v) is 13.6. The third-order valence-electron chi connectivity index (χ3n) is 7.52. The van der Waals surface area contributed by atoms with Crippen molar-refractivity contribution in [3.05, 3.63) is 88.6 Å². The van der Waals surface area contributed by atoms with Gasteiger partial charge in [0.05, 0.1) is 22.5 Å². The number of nitrogens with one attached hydrogen (secondary N) is 2. The second kappa shape index (κ2) is 11.1. The summed E-state index contributed by atoms with van der Waals surface area (Å²) in [5.74, 6) is -0.394. The molecule has 0 atom stereocenters. The minimum absolute atomic E-state index is 0.0752. The van der Waals surface area contributed by atoms with Gasteiger partial charge in [-0.15, -0.1) is 0 Å². The molecule has 1 aliphatic rings. The maximum atomic E-state index is 13.1. The number of hydrogen-bond acceptors (Lipinski definition) is 8. The number of pyridine rings is 3. The number of aromatic amines is 1. The van der Waals surface area contributed by atoms with Gasteiger partial charge in [-0.1, -0.05) is 12.1 Å². The van der Waals surface area contributed by atoms with Crippen molar-refractivity contribution < 1.29 is 9.72 Å². The number of hydrogen-bond donors (Lipinski definition) is 3. The Morgan fingerprint density at radius 1 is 1.12 bits per heavy atom. The SMILES string of the molecule is NC1CCC(Nc2c([N+](=O)[O-])cnc3ccc(-c4c[nH]c5ncc(C(=O)N(Cl)Cc6cccnc6)cc45)cc23)CC1. The number of nitro groups is 1. The molecule has 12 heteroatoms. The van der Waals surface area contributed by atoms with Crippen LogP contribution in [0.5, 0.6) is 0 Å². The summed E-state index contributed by atoms with van der Waals surface area (Å²) in [7, 11) is 0. The minimum Gasteiger partial charge on any atom is -0.376 e. The Morgan fingerprint density at radius 3 is 2.71 bits per heavy atom. The quantitative estimate of drug-likeness (QED) is 0.130. The van der Waals surface area contributed by atoms with Gasteiger partial charge < -0.3 is 16.0 Å². The van der Waals surface area contributed by atoms with Gasteiger partial charge in [0.25, 0.3) is 5.91 Å². The molecule has 1 fully saturated rings. The third-order valence-corrected chi connectivity index (χ3v) is 7.79. The maximum Gasteiger partial charge on any atom is 0.311 e. The van der Waals surface area contributed by atoms with Crippen molar-refractivity contribution in [2.24, 2.45) is 5.73 Å². The fraction of sp³-hybridized carbons (Fsp3) is 0.241. The van der Waals surface area contributed by atoms with E-state index in [-0.39, 0.29) is 24.3 Å². The van der Waals surface area contributed by atoms with Crippen LogP contribution < -0.4 is 11.1 Å². The molecule has 0 saturated heterocycles. The lowest BCUT2D eigenvalue weighted by atomic mass is 9.91. The largest absolute Gasteiger partial charge is 0.376 e. The number of amides is 1. The summed E-state index contributed by atoms with van der Waals surface area (Å²) < 4.78 is 1.10. The van der Waals surface area contributed by atoms with E-state index in [1.54, 1.807) is 24.5 Å². The minimum atomic E-state index is -0.410. The molecule has 1 amide bonds. The molecular formula is C29H27ClN8O3. The predicted octanol–water partition coefficient (Wildman–Crippen LogP) is 5.56. The van der Waals surface area contributed by atoms with Gasteiger partial charge in [-0.25, -0.2) is 14.4 Å². The van der Waals surface area contributed by atoms with E-state index < -0.39 is 10.8 Å². The summed E-state index contributed by atoms with van der Waals surface area (Å²) >= 11 is 6.34. The number of fused-ring (bicyclic) bond motifs is 2. The van der Waals surface area contributed by atoms with Gasteiger partial charge in [0, 0.05) is 65.0 Å². The number of halogens is 1. The Morgan fingerprint density at radius 2 is 1.95 bits per heavy atom. The van der Waals surface area contributed by atoms with Crippen LogP contribution in [0.4, 0.5) is 11.4 Å². The zero-order valence-electron chi connectivity index (χ0n) is 22.0. The molecule has 41 heavy (non-hydrogen) atoms. The summed E-state index contributed by atoms with van der Waals surface area (Å²) in [6.07, 6.45) is 11.3. The lowest BCUT2D eigenvalue weighted by molar-refractivity contribution is -0.384. The average molecular weight is 571 g/mol. The highest BCUT2D eigenvalue weighted by Crippen LogP contribution is 2.37. The highest BCUT2D eigenvalue weighted by atomic mass is 35.5. The van der Waals surface area contributed by atoms with Crippen LogP contribution in [0.15, 0.2) is 67.4 Å². The molecule has 4 heterocycles. The number of carbonyl (C=O) groups excluding carboxylic acids is 1. The van der Waals surface area contributed by atoms with Gasteiger partial charge in [0.15, 0.2) is 0 Å². The fourth-order valence-electron chi connectivity index (χ4n) is 5.33. The average Bonchev–Trinajstić information content (AvgIpc) is 3.41. The van der Waals surface area contributed by atoms with E-state index in [1.807, 2.05) is 30.5 Å². The molecule has 208 valence electrons. The van der Waals surface area contributed by atoms with Crippen molar-refractivity contribution in [1.82, 2.24) is 24.4 Å². The van der Waals surface area contributed by atoms with Gasteiger partial charge in [-0.05, 0) is 61.1 Å². The molecule has 0 aliphatic heterocycles. The maximum absolute atomic E-state index is 13.1. The normalized spacial score (nSPS) is 17.0. The van der Waals surface area contributed by atoms with Crippen molar-refractivity contribution >= 4 is 51.0 Å². The number of H-pyrrole nitrogens is 1. The Balaban J connectivity index is 1.37. The van der Waals surface area contributed by atoms with Crippen molar-refractivity contribution in [1.29, 1.82) is 0 Å². The monoisotopic (exact) mass is 570 g/mol. The van der Waals surface area contributed by atoms with E-state index in [4.69, 9.17) is 17.5 Å². The lowest BCUT2D eigenvalue weighted by Crippen LogP contribution is -2.33. The molecule has 6 rings (SSSR count). The van der Waals surface area contributed by atoms with E-state index in [1.165, 1.54) is 12.4 Å². The van der Waals surface area contributed by atoms with Crippen molar-refractivity contribution in [3.8, 4) is 11.1 Å². The first-order valence-electron chi connectivity index (χ1n) is 13.3. The standard InChI is InChI=1S/C29H27ClN8O3/c30-37(16-17-2-1-9-32-12-17)29(39)19-11-22-24(14-35-28(22)34-13-19)18-3-8-25-23(10-18)27(26(15-33-25)38(40)41)36-21-6-4-20(31)5-7-21/h1-3,8-15,20-21H,4-7,16,31H2,(H,33,36)(H,34,35). The predicted molar refractivity (Wildman–Crippen MR) is 157 cm³/mol. The Hall–Kier alpha value is -4.61. The number of anilines is 1. The number of nitrogens with two attached hydrogens (primary N) is 1. The molecule has 5 aromatic rings. The molecule has 1 aliphatic carbocycles. The molecule has 4 aromatic heterocycles. The molecule has 0 bridgehead atoms. The van der Waals surface area contributed by atoms with E-state index in [2.05, 4.69) is 25.3 Å². The van der Waals surface area contributed by atoms with Crippen molar-refractivity contribution in [2.75, 3.05) is 5.32 Å². The van der Waals surface area contributed by atoms with Gasteiger partial charge in [-0.3, -0.25) is 19.9 Å². The molecular weight excluding hydrogens is 544 g/mol. The molecule has 1 saturated carbocycles. The van der Waals surface area contributed by atoms with E-state index in [0.29, 0.717) is 27.8 Å². The lowest BCUT2D eigenvalue weighted by Gasteiger charge is -2.27. The number of aromatic nitrogens is 4. The van der Waals surface area contributed by atoms with Crippen LogP contribution in [-0.4, -0.2) is 47.3 Å². The first kappa shape index (κ1) is 26.6. The van der Waals surface area contributed by atoms with Crippen molar-refractivity contribution in [2.45, 2.75) is 44.3 Å². The smallest absolute Gasteiger partial charge is 0.311 e. The van der Waals surface area contributed by atoms with Crippen LogP contribution in [0.1, 0.15) is 41.6 Å². The van der Waals surface area contributed by atoms with Crippen molar-refractivity contribution in [3.63, 3.8) is 0 Å². The topological polar surface area (TPSA) is 156 Å². The van der Waals surface area contributed by atoms with Crippen LogP contribution in [0.3, 0.4) is 0 Å². The third kappa shape index (κ3) is 5.41. The van der Waals surface area contributed by atoms with Gasteiger partial charge in [0.1, 0.15) is 17.5 Å². The molecule has 0 spiro atoms. The van der Waals surface area contributed by atoms with Crippen LogP contribution in [0.25, 0.3) is 33.1 Å². The summed E-state index contributed by atoms with van der Waals surface area (Å²) in [4.78, 5) is 40.7. The van der Waals surface area contributed by atoms with Gasteiger partial charge in [0.2, 0.25) is 0 Å². The van der Waals surface area contributed by atoms with Gasteiger partial charge >= 0.3 is 5.69 Å². The van der Waals surface area contributed by atoms with Crippen LogP contribution >= 0.6 is 11.8 Å². The Bertz CT molecular complexity index is 1750. The van der Waals surface area contributed by atoms with E-state index >= 15 is 0 Å². The second-order valence-electron chi connectivity index (χ2n) is 10.3. The molecule has 4 N–H and O–H groups in total. The highest BCUT2D eigenvalue weighted by molar-refractivity contribution is 6.24. The number of benzene rings is 1. The van der Waals surface area contributed by atoms with E-state index in [9.17, 15) is 14.9 Å². The zero-order valence-corrected chi connectivity index (χ0v) is 22.7. The van der Waals surface area contributed by atoms with Crippen LogP contribution in [-0.2, 0) is 6.54 Å². The summed E-state index contributed by atoms with van der Waals surface area (Å²) in [6.45, 7) is 0.186. The summed E-state index contributed by atoms with van der Waals surface area (Å²) in [6, 6.07) is 11.2. The first-order chi connectivity index (χ1) is 19.9. The number of carbonyl (C=O) groups is 1. The molecule has 0 unspecified atom stereocenters. The Labute approximate surface area is 240 Å². The highest BCUT2D eigenvalue weighted by Gasteiger charge is 2.25. The molecule has 11 nitrogen and oxygen atoms in total. The summed E-state index contributed by atoms with van der Waals surface area (Å²) in [5, 5.41) is 16.8. The second-order valence-corrected chi connectivity index (χ2v) is 10.7. The molecule has 0 radical (unpaired) electrons. The fourth-order valence-corrected chi connectivity index (χ4v) is 5.57. The van der Waals surface area contributed by atoms with Crippen LogP contribution in [0.2, 0.25) is 0 Å². The Kier molecular flexibility index (Phi) is 7.21. The van der Waals surface area contributed by atoms with E-state index in [0.717, 1.165) is 52.2 Å². The van der Waals surface area contributed by atoms with Crippen LogP contribution in [0, 0.1) is 10.1 Å². The number of nitrogens with zero attached hydrogens (tertiary/aromatic N) is 5. The molecule has 1 aromatic carbocycles. The zero-order chi connectivity index (χ0) is 28.5. The summed E-state index contributed by atoms with van der Waals surface area (Å²) in [5.41, 5.74) is 10.4.